The first kappa shape index (κ1) is 11.3. The number of hydrogen-bond donors (Lipinski definition) is 1. The van der Waals surface area contributed by atoms with Crippen LogP contribution in [0.4, 0.5) is 0 Å². The molecule has 1 rings (SSSR count). The van der Waals surface area contributed by atoms with Crippen molar-refractivity contribution in [1.82, 2.24) is 0 Å². The molecular formula is C10H20O2S. The Morgan fingerprint density at radius 3 is 2.69 bits per heavy atom. The van der Waals surface area contributed by atoms with E-state index in [-0.39, 0.29) is 5.41 Å². The molecule has 78 valence electrons. The molecule has 1 unspecified atom stereocenters. The van der Waals surface area contributed by atoms with Gasteiger partial charge in [0.2, 0.25) is 0 Å². The summed E-state index contributed by atoms with van der Waals surface area (Å²) in [5.74, 6) is 1.96. The number of hydrogen-bond acceptors (Lipinski definition) is 3. The largest absolute Gasteiger partial charge is 0.386 e. The Hall–Kier alpha value is 0.270. The van der Waals surface area contributed by atoms with Crippen LogP contribution < -0.4 is 0 Å². The zero-order valence-electron chi connectivity index (χ0n) is 8.80. The molecule has 1 N–H and O–H groups in total. The molecule has 0 spiro atoms. The Labute approximate surface area is 85.0 Å². The predicted molar refractivity (Wildman–Crippen MR) is 57.2 cm³/mol. The van der Waals surface area contributed by atoms with Gasteiger partial charge in [-0.2, -0.15) is 11.8 Å². The maximum absolute atomic E-state index is 10.4. The van der Waals surface area contributed by atoms with Crippen LogP contribution in [0.5, 0.6) is 0 Å². The summed E-state index contributed by atoms with van der Waals surface area (Å²) in [5, 5.41) is 10.4. The van der Waals surface area contributed by atoms with E-state index in [1.807, 2.05) is 18.7 Å². The van der Waals surface area contributed by atoms with Gasteiger partial charge in [0.25, 0.3) is 0 Å². The van der Waals surface area contributed by atoms with E-state index in [1.165, 1.54) is 0 Å². The molecule has 3 heteroatoms. The van der Waals surface area contributed by atoms with Gasteiger partial charge < -0.3 is 9.84 Å². The molecule has 1 heterocycles. The normalized spacial score (nSPS) is 33.2. The Morgan fingerprint density at radius 1 is 1.46 bits per heavy atom. The summed E-state index contributed by atoms with van der Waals surface area (Å²) in [7, 11) is 0. The van der Waals surface area contributed by atoms with E-state index in [1.54, 1.807) is 0 Å². The second-order valence-corrected chi connectivity index (χ2v) is 5.46. The summed E-state index contributed by atoms with van der Waals surface area (Å²) in [4.78, 5) is 0. The van der Waals surface area contributed by atoms with Crippen LogP contribution in [0.3, 0.4) is 0 Å². The second kappa shape index (κ2) is 4.20. The highest BCUT2D eigenvalue weighted by molar-refractivity contribution is 7.99. The molecule has 1 aliphatic rings. The highest BCUT2D eigenvalue weighted by Crippen LogP contribution is 2.42. The lowest BCUT2D eigenvalue weighted by atomic mass is 9.74. The summed E-state index contributed by atoms with van der Waals surface area (Å²) in [6.45, 7) is 7.39. The van der Waals surface area contributed by atoms with Gasteiger partial charge in [0, 0.05) is 12.4 Å². The molecule has 1 atom stereocenters. The van der Waals surface area contributed by atoms with E-state index in [0.29, 0.717) is 13.2 Å². The van der Waals surface area contributed by atoms with Crippen LogP contribution in [0.2, 0.25) is 0 Å². The Morgan fingerprint density at radius 2 is 2.15 bits per heavy atom. The van der Waals surface area contributed by atoms with Crippen molar-refractivity contribution in [2.24, 2.45) is 5.41 Å². The molecular weight excluding hydrogens is 184 g/mol. The summed E-state index contributed by atoms with van der Waals surface area (Å²) in [6.07, 6.45) is 1.07. The van der Waals surface area contributed by atoms with Gasteiger partial charge in [-0.05, 0) is 24.5 Å². The molecule has 1 fully saturated rings. The minimum Gasteiger partial charge on any atom is -0.386 e. The van der Waals surface area contributed by atoms with Crippen molar-refractivity contribution in [3.8, 4) is 0 Å². The molecule has 2 nitrogen and oxygen atoms in total. The van der Waals surface area contributed by atoms with E-state index >= 15 is 0 Å². The molecule has 0 aromatic heterocycles. The monoisotopic (exact) mass is 204 g/mol. The van der Waals surface area contributed by atoms with Crippen LogP contribution in [0, 0.1) is 5.41 Å². The SMILES string of the molecule is CCOCC1(O)CSCCC1(C)C. The van der Waals surface area contributed by atoms with Gasteiger partial charge in [-0.1, -0.05) is 13.8 Å². The summed E-state index contributed by atoms with van der Waals surface area (Å²) >= 11 is 1.82. The Kier molecular flexibility index (Phi) is 3.66. The first-order chi connectivity index (χ1) is 6.02. The van der Waals surface area contributed by atoms with Crippen LogP contribution in [0.1, 0.15) is 27.2 Å². The lowest BCUT2D eigenvalue weighted by molar-refractivity contribution is -0.105. The van der Waals surface area contributed by atoms with Gasteiger partial charge in [0.1, 0.15) is 5.60 Å². The van der Waals surface area contributed by atoms with Crippen molar-refractivity contribution in [3.63, 3.8) is 0 Å². The van der Waals surface area contributed by atoms with Crippen molar-refractivity contribution < 1.29 is 9.84 Å². The fraction of sp³-hybridized carbons (Fsp3) is 1.00. The third kappa shape index (κ3) is 2.39. The third-order valence-electron chi connectivity index (χ3n) is 3.02. The van der Waals surface area contributed by atoms with Gasteiger partial charge in [-0.25, -0.2) is 0 Å². The molecule has 1 aliphatic heterocycles. The quantitative estimate of drug-likeness (QED) is 0.761. The van der Waals surface area contributed by atoms with Crippen molar-refractivity contribution >= 4 is 11.8 Å². The lowest BCUT2D eigenvalue weighted by Crippen LogP contribution is -2.53. The average Bonchev–Trinajstić information content (AvgIpc) is 2.07. The van der Waals surface area contributed by atoms with E-state index < -0.39 is 5.60 Å². The number of ether oxygens (including phenoxy) is 1. The van der Waals surface area contributed by atoms with Gasteiger partial charge in [0.15, 0.2) is 0 Å². The molecule has 13 heavy (non-hydrogen) atoms. The van der Waals surface area contributed by atoms with E-state index in [9.17, 15) is 5.11 Å². The maximum Gasteiger partial charge on any atom is 0.102 e. The lowest BCUT2D eigenvalue weighted by Gasteiger charge is -2.45. The number of thioether (sulfide) groups is 1. The van der Waals surface area contributed by atoms with Crippen LogP contribution in [-0.4, -0.2) is 35.4 Å². The molecule has 0 amide bonds. The summed E-state index contributed by atoms with van der Waals surface area (Å²) in [6, 6.07) is 0. The minimum atomic E-state index is -0.633. The standard InChI is InChI=1S/C10H20O2S/c1-4-12-7-10(11)8-13-6-5-9(10,2)3/h11H,4-8H2,1-3H3. The zero-order valence-corrected chi connectivity index (χ0v) is 9.62. The van der Waals surface area contributed by atoms with E-state index in [2.05, 4.69) is 13.8 Å². The predicted octanol–water partition coefficient (Wildman–Crippen LogP) is 1.92. The smallest absolute Gasteiger partial charge is 0.102 e. The molecule has 0 aromatic carbocycles. The van der Waals surface area contributed by atoms with Crippen LogP contribution in [0.15, 0.2) is 0 Å². The Bertz CT molecular complexity index is 170. The third-order valence-corrected chi connectivity index (χ3v) is 4.19. The molecule has 1 saturated heterocycles. The fourth-order valence-electron chi connectivity index (χ4n) is 1.50. The van der Waals surface area contributed by atoms with Crippen molar-refractivity contribution in [1.29, 1.82) is 0 Å². The topological polar surface area (TPSA) is 29.5 Å². The van der Waals surface area contributed by atoms with Crippen molar-refractivity contribution in [3.05, 3.63) is 0 Å². The Balaban J connectivity index is 2.60. The van der Waals surface area contributed by atoms with Gasteiger partial charge in [0.05, 0.1) is 6.61 Å². The molecule has 0 aliphatic carbocycles. The average molecular weight is 204 g/mol. The highest BCUT2D eigenvalue weighted by Gasteiger charge is 2.45. The first-order valence-electron chi connectivity index (χ1n) is 4.90. The molecule has 0 aromatic rings. The van der Waals surface area contributed by atoms with Crippen molar-refractivity contribution in [2.45, 2.75) is 32.8 Å². The number of aliphatic hydroxyl groups is 1. The van der Waals surface area contributed by atoms with Gasteiger partial charge in [-0.15, -0.1) is 0 Å². The van der Waals surface area contributed by atoms with Gasteiger partial charge >= 0.3 is 0 Å². The van der Waals surface area contributed by atoms with E-state index in [4.69, 9.17) is 4.74 Å². The maximum atomic E-state index is 10.4. The molecule has 0 bridgehead atoms. The summed E-state index contributed by atoms with van der Waals surface area (Å²) in [5.41, 5.74) is -0.640. The minimum absolute atomic E-state index is 0.00653. The van der Waals surface area contributed by atoms with Crippen LogP contribution in [-0.2, 0) is 4.74 Å². The fourth-order valence-corrected chi connectivity index (χ4v) is 3.12. The van der Waals surface area contributed by atoms with Crippen LogP contribution in [0.25, 0.3) is 0 Å². The van der Waals surface area contributed by atoms with Crippen LogP contribution >= 0.6 is 11.8 Å². The first-order valence-corrected chi connectivity index (χ1v) is 6.05. The molecule has 0 radical (unpaired) electrons. The summed E-state index contributed by atoms with van der Waals surface area (Å²) < 4.78 is 5.35. The van der Waals surface area contributed by atoms with Gasteiger partial charge in [-0.3, -0.25) is 0 Å². The highest BCUT2D eigenvalue weighted by atomic mass is 32.2. The molecule has 0 saturated carbocycles. The second-order valence-electron chi connectivity index (χ2n) is 4.36. The zero-order chi connectivity index (χ0) is 9.95. The number of rotatable bonds is 3. The van der Waals surface area contributed by atoms with E-state index in [0.717, 1.165) is 17.9 Å². The van der Waals surface area contributed by atoms with Crippen molar-refractivity contribution in [2.75, 3.05) is 24.7 Å².